The van der Waals surface area contributed by atoms with Gasteiger partial charge >= 0.3 is 0 Å². The smallest absolute Gasteiger partial charge is 0.0406 e. The van der Waals surface area contributed by atoms with E-state index in [9.17, 15) is 0 Å². The maximum atomic E-state index is 5.87. The SMILES string of the molecule is Clc1ccc(CC2=CCCCCC2)cc1. The van der Waals surface area contributed by atoms with Gasteiger partial charge in [0.1, 0.15) is 0 Å². The number of allylic oxidation sites excluding steroid dienone is 2. The molecule has 1 heteroatoms. The molecule has 0 atom stereocenters. The number of hydrogen-bond donors (Lipinski definition) is 0. The Morgan fingerprint density at radius 1 is 1.00 bits per heavy atom. The van der Waals surface area contributed by atoms with Gasteiger partial charge in [-0.05, 0) is 49.8 Å². The number of halogens is 1. The Hall–Kier alpha value is -0.750. The number of benzene rings is 1. The second kappa shape index (κ2) is 5.37. The van der Waals surface area contributed by atoms with Crippen LogP contribution in [0.4, 0.5) is 0 Å². The highest BCUT2D eigenvalue weighted by Gasteiger charge is 2.03. The lowest BCUT2D eigenvalue weighted by molar-refractivity contribution is 0.707. The molecule has 15 heavy (non-hydrogen) atoms. The minimum atomic E-state index is 0.827. The van der Waals surface area contributed by atoms with Gasteiger partial charge in [-0.25, -0.2) is 0 Å². The van der Waals surface area contributed by atoms with Gasteiger partial charge in [0.05, 0.1) is 0 Å². The van der Waals surface area contributed by atoms with Crippen LogP contribution in [0.25, 0.3) is 0 Å². The van der Waals surface area contributed by atoms with Crippen LogP contribution >= 0.6 is 11.6 Å². The Morgan fingerprint density at radius 2 is 1.80 bits per heavy atom. The minimum absolute atomic E-state index is 0.827. The van der Waals surface area contributed by atoms with Crippen LogP contribution in [0.15, 0.2) is 35.9 Å². The molecule has 0 saturated carbocycles. The molecule has 0 bridgehead atoms. The molecule has 0 spiro atoms. The Kier molecular flexibility index (Phi) is 3.85. The Labute approximate surface area is 97.0 Å². The highest BCUT2D eigenvalue weighted by molar-refractivity contribution is 6.30. The van der Waals surface area contributed by atoms with Crippen molar-refractivity contribution in [2.45, 2.75) is 38.5 Å². The summed E-state index contributed by atoms with van der Waals surface area (Å²) in [5.74, 6) is 0. The molecule has 0 amide bonds. The summed E-state index contributed by atoms with van der Waals surface area (Å²) in [5, 5.41) is 0.827. The van der Waals surface area contributed by atoms with Crippen LogP contribution in [0, 0.1) is 0 Å². The van der Waals surface area contributed by atoms with Crippen molar-refractivity contribution in [1.82, 2.24) is 0 Å². The Morgan fingerprint density at radius 3 is 2.60 bits per heavy atom. The molecule has 0 fully saturated rings. The maximum absolute atomic E-state index is 5.87. The molecule has 1 aromatic carbocycles. The molecule has 0 nitrogen and oxygen atoms in total. The van der Waals surface area contributed by atoms with Crippen LogP contribution in [0.1, 0.15) is 37.7 Å². The summed E-state index contributed by atoms with van der Waals surface area (Å²) >= 11 is 5.87. The van der Waals surface area contributed by atoms with E-state index in [-0.39, 0.29) is 0 Å². The third kappa shape index (κ3) is 3.39. The van der Waals surface area contributed by atoms with E-state index in [4.69, 9.17) is 11.6 Å². The van der Waals surface area contributed by atoms with E-state index >= 15 is 0 Å². The van der Waals surface area contributed by atoms with Gasteiger partial charge in [-0.3, -0.25) is 0 Å². The zero-order valence-corrected chi connectivity index (χ0v) is 9.76. The molecule has 0 heterocycles. The van der Waals surface area contributed by atoms with Crippen molar-refractivity contribution in [3.05, 3.63) is 46.5 Å². The summed E-state index contributed by atoms with van der Waals surface area (Å²) in [7, 11) is 0. The largest absolute Gasteiger partial charge is 0.0850 e. The van der Waals surface area contributed by atoms with E-state index in [2.05, 4.69) is 18.2 Å². The van der Waals surface area contributed by atoms with Crippen molar-refractivity contribution in [3.8, 4) is 0 Å². The van der Waals surface area contributed by atoms with Gasteiger partial charge in [0, 0.05) is 5.02 Å². The zero-order valence-electron chi connectivity index (χ0n) is 9.01. The maximum Gasteiger partial charge on any atom is 0.0406 e. The van der Waals surface area contributed by atoms with Gasteiger partial charge in [-0.1, -0.05) is 41.8 Å². The molecule has 0 radical (unpaired) electrons. The molecule has 1 aliphatic rings. The zero-order chi connectivity index (χ0) is 10.5. The summed E-state index contributed by atoms with van der Waals surface area (Å²) in [6.07, 6.45) is 10.2. The number of rotatable bonds is 2. The van der Waals surface area contributed by atoms with Crippen LogP contribution in [0.3, 0.4) is 0 Å². The van der Waals surface area contributed by atoms with Crippen molar-refractivity contribution in [3.63, 3.8) is 0 Å². The standard InChI is InChI=1S/C14H17Cl/c15-14-9-7-13(8-10-14)11-12-5-3-1-2-4-6-12/h5,7-10H,1-4,6,11H2. The molecule has 1 aromatic rings. The molecule has 2 rings (SSSR count). The molecular formula is C14H17Cl. The lowest BCUT2D eigenvalue weighted by atomic mass is 10.0. The first-order valence-electron chi connectivity index (χ1n) is 5.77. The first-order chi connectivity index (χ1) is 7.34. The summed E-state index contributed by atoms with van der Waals surface area (Å²) in [4.78, 5) is 0. The van der Waals surface area contributed by atoms with E-state index in [1.54, 1.807) is 5.57 Å². The average molecular weight is 221 g/mol. The predicted octanol–water partition coefficient (Wildman–Crippen LogP) is 4.77. The fraction of sp³-hybridized carbons (Fsp3) is 0.429. The summed E-state index contributed by atoms with van der Waals surface area (Å²) < 4.78 is 0. The van der Waals surface area contributed by atoms with E-state index in [0.29, 0.717) is 0 Å². The van der Waals surface area contributed by atoms with Gasteiger partial charge in [0.15, 0.2) is 0 Å². The first-order valence-corrected chi connectivity index (χ1v) is 6.15. The molecule has 0 aliphatic heterocycles. The van der Waals surface area contributed by atoms with Crippen molar-refractivity contribution in [2.24, 2.45) is 0 Å². The van der Waals surface area contributed by atoms with Crippen LogP contribution < -0.4 is 0 Å². The lowest BCUT2D eigenvalue weighted by Crippen LogP contribution is -1.89. The fourth-order valence-corrected chi connectivity index (χ4v) is 2.23. The third-order valence-electron chi connectivity index (χ3n) is 2.98. The van der Waals surface area contributed by atoms with Crippen molar-refractivity contribution >= 4 is 11.6 Å². The van der Waals surface area contributed by atoms with Gasteiger partial charge in [-0.15, -0.1) is 0 Å². The Bertz CT molecular complexity index is 335. The quantitative estimate of drug-likeness (QED) is 0.630. The molecule has 0 saturated heterocycles. The topological polar surface area (TPSA) is 0 Å². The van der Waals surface area contributed by atoms with Crippen LogP contribution in [0.5, 0.6) is 0 Å². The van der Waals surface area contributed by atoms with Gasteiger partial charge < -0.3 is 0 Å². The first kappa shape index (κ1) is 10.8. The molecule has 0 N–H and O–H groups in total. The third-order valence-corrected chi connectivity index (χ3v) is 3.23. The predicted molar refractivity (Wildman–Crippen MR) is 66.3 cm³/mol. The summed E-state index contributed by atoms with van der Waals surface area (Å²) in [5.41, 5.74) is 2.99. The second-order valence-corrected chi connectivity index (χ2v) is 4.70. The molecule has 1 aliphatic carbocycles. The average Bonchev–Trinajstić information content (AvgIpc) is 2.50. The van der Waals surface area contributed by atoms with E-state index < -0.39 is 0 Å². The summed E-state index contributed by atoms with van der Waals surface area (Å²) in [6, 6.07) is 8.23. The van der Waals surface area contributed by atoms with Crippen LogP contribution in [-0.2, 0) is 6.42 Å². The monoisotopic (exact) mass is 220 g/mol. The van der Waals surface area contributed by atoms with E-state index in [0.717, 1.165) is 11.4 Å². The van der Waals surface area contributed by atoms with Crippen molar-refractivity contribution in [1.29, 1.82) is 0 Å². The molecule has 80 valence electrons. The summed E-state index contributed by atoms with van der Waals surface area (Å²) in [6.45, 7) is 0. The van der Waals surface area contributed by atoms with Crippen molar-refractivity contribution in [2.75, 3.05) is 0 Å². The van der Waals surface area contributed by atoms with Crippen molar-refractivity contribution < 1.29 is 0 Å². The van der Waals surface area contributed by atoms with Gasteiger partial charge in [-0.2, -0.15) is 0 Å². The fourth-order valence-electron chi connectivity index (χ4n) is 2.11. The normalized spacial score (nSPS) is 17.0. The molecular weight excluding hydrogens is 204 g/mol. The van der Waals surface area contributed by atoms with Crippen LogP contribution in [0.2, 0.25) is 5.02 Å². The molecule has 0 unspecified atom stereocenters. The lowest BCUT2D eigenvalue weighted by Gasteiger charge is -2.05. The minimum Gasteiger partial charge on any atom is -0.0850 e. The van der Waals surface area contributed by atoms with Gasteiger partial charge in [0.25, 0.3) is 0 Å². The second-order valence-electron chi connectivity index (χ2n) is 4.26. The highest BCUT2D eigenvalue weighted by Crippen LogP contribution is 2.21. The molecule has 0 aromatic heterocycles. The van der Waals surface area contributed by atoms with E-state index in [1.807, 2.05) is 12.1 Å². The van der Waals surface area contributed by atoms with Crippen LogP contribution in [-0.4, -0.2) is 0 Å². The van der Waals surface area contributed by atoms with E-state index in [1.165, 1.54) is 37.7 Å². The number of hydrogen-bond acceptors (Lipinski definition) is 0. The Balaban J connectivity index is 2.01. The van der Waals surface area contributed by atoms with Gasteiger partial charge in [0.2, 0.25) is 0 Å². The highest BCUT2D eigenvalue weighted by atomic mass is 35.5.